The third kappa shape index (κ3) is 4.65. The summed E-state index contributed by atoms with van der Waals surface area (Å²) < 4.78 is 52.3. The van der Waals surface area contributed by atoms with Crippen molar-refractivity contribution in [3.05, 3.63) is 29.2 Å². The maximum atomic E-state index is 12.2. The molecule has 0 amide bonds. The van der Waals surface area contributed by atoms with Crippen molar-refractivity contribution in [2.75, 3.05) is 5.75 Å². The van der Waals surface area contributed by atoms with Crippen molar-refractivity contribution in [3.8, 4) is 11.5 Å². The van der Waals surface area contributed by atoms with Crippen molar-refractivity contribution >= 4 is 25.8 Å². The van der Waals surface area contributed by atoms with Gasteiger partial charge in [-0.15, -0.1) is 13.2 Å². The average Bonchev–Trinajstić information content (AvgIpc) is 2.64. The van der Waals surface area contributed by atoms with E-state index in [-0.39, 0.29) is 11.5 Å². The zero-order valence-electron chi connectivity index (χ0n) is 14.3. The fourth-order valence-corrected chi connectivity index (χ4v) is 2.47. The molecule has 1 aromatic carbocycles. The Kier molecular flexibility index (Phi) is 5.42. The lowest BCUT2D eigenvalue weighted by Crippen LogP contribution is -2.41. The van der Waals surface area contributed by atoms with E-state index in [0.717, 1.165) is 12.1 Å². The lowest BCUT2D eigenvalue weighted by atomic mass is 9.78. The molecule has 0 unspecified atom stereocenters. The molecule has 0 aliphatic carbocycles. The van der Waals surface area contributed by atoms with Crippen LogP contribution in [0.25, 0.3) is 6.08 Å². The van der Waals surface area contributed by atoms with E-state index in [9.17, 15) is 18.3 Å². The van der Waals surface area contributed by atoms with Crippen LogP contribution in [0.2, 0.25) is 0 Å². The molecule has 0 spiro atoms. The van der Waals surface area contributed by atoms with Crippen molar-refractivity contribution in [3.63, 3.8) is 0 Å². The van der Waals surface area contributed by atoms with E-state index in [1.54, 1.807) is 6.08 Å². The quantitative estimate of drug-likeness (QED) is 0.610. The Hall–Kier alpha value is -1.32. The van der Waals surface area contributed by atoms with Crippen LogP contribution in [0, 0.1) is 0 Å². The molecule has 1 heterocycles. The van der Waals surface area contributed by atoms with Crippen LogP contribution in [0.15, 0.2) is 23.7 Å². The second-order valence-electron chi connectivity index (χ2n) is 6.73. The molecule has 1 saturated heterocycles. The van der Waals surface area contributed by atoms with Crippen LogP contribution in [0.3, 0.4) is 0 Å². The Bertz CT molecular complexity index is 658. The number of phenols is 1. The van der Waals surface area contributed by atoms with Crippen molar-refractivity contribution in [1.29, 1.82) is 0 Å². The first-order valence-corrected chi connectivity index (χ1v) is 8.23. The van der Waals surface area contributed by atoms with E-state index in [1.165, 1.54) is 6.07 Å². The predicted molar refractivity (Wildman–Crippen MR) is 92.7 cm³/mol. The molecule has 1 aliphatic rings. The predicted octanol–water partition coefficient (Wildman–Crippen LogP) is 4.24. The maximum Gasteiger partial charge on any atom is 0.573 e. The van der Waals surface area contributed by atoms with Gasteiger partial charge in [0.2, 0.25) is 0 Å². The number of thiol groups is 1. The third-order valence-electron chi connectivity index (χ3n) is 4.31. The fraction of sp³-hybridized carbons (Fsp3) is 0.500. The standard InChI is InChI=1S/C16H20BF3O4S/c1-14(2)15(3,4)24-17(23-14)11(9-25)7-10-5-6-12(8-13(10)21)22-16(18,19)20/h5-8,21,25H,9H2,1-4H3. The average molecular weight is 376 g/mol. The third-order valence-corrected chi connectivity index (χ3v) is 4.68. The van der Waals surface area contributed by atoms with Crippen molar-refractivity contribution < 1.29 is 32.3 Å². The van der Waals surface area contributed by atoms with Gasteiger partial charge in [0.25, 0.3) is 0 Å². The number of benzene rings is 1. The van der Waals surface area contributed by atoms with Gasteiger partial charge in [0.15, 0.2) is 0 Å². The molecule has 9 heteroatoms. The minimum atomic E-state index is -4.82. The molecule has 138 valence electrons. The van der Waals surface area contributed by atoms with Crippen molar-refractivity contribution in [1.82, 2.24) is 0 Å². The molecule has 0 aromatic heterocycles. The monoisotopic (exact) mass is 376 g/mol. The Balaban J connectivity index is 2.26. The number of aromatic hydroxyl groups is 1. The molecule has 25 heavy (non-hydrogen) atoms. The molecule has 1 aliphatic heterocycles. The van der Waals surface area contributed by atoms with Crippen molar-refractivity contribution in [2.45, 2.75) is 45.3 Å². The van der Waals surface area contributed by atoms with Gasteiger partial charge in [-0.2, -0.15) is 12.6 Å². The molecule has 2 rings (SSSR count). The van der Waals surface area contributed by atoms with Crippen LogP contribution < -0.4 is 4.74 Å². The number of phenolic OH excluding ortho intramolecular Hbond substituents is 1. The highest BCUT2D eigenvalue weighted by Gasteiger charge is 2.52. The number of hydrogen-bond acceptors (Lipinski definition) is 5. The summed E-state index contributed by atoms with van der Waals surface area (Å²) >= 11 is 4.26. The van der Waals surface area contributed by atoms with Gasteiger partial charge in [-0.1, -0.05) is 6.08 Å². The summed E-state index contributed by atoms with van der Waals surface area (Å²) in [5, 5.41) is 9.98. The molecule has 1 fully saturated rings. The summed E-state index contributed by atoms with van der Waals surface area (Å²) in [4.78, 5) is 0. The van der Waals surface area contributed by atoms with E-state index < -0.39 is 30.4 Å². The van der Waals surface area contributed by atoms with Gasteiger partial charge < -0.3 is 19.2 Å². The minimum absolute atomic E-state index is 0.289. The van der Waals surface area contributed by atoms with Crippen LogP contribution >= 0.6 is 12.6 Å². The molecular formula is C16H20BF3O4S. The lowest BCUT2D eigenvalue weighted by Gasteiger charge is -2.32. The summed E-state index contributed by atoms with van der Waals surface area (Å²) in [5.41, 5.74) is -0.117. The van der Waals surface area contributed by atoms with Gasteiger partial charge in [-0.05, 0) is 45.3 Å². The zero-order chi connectivity index (χ0) is 19.0. The van der Waals surface area contributed by atoms with E-state index >= 15 is 0 Å². The smallest absolute Gasteiger partial charge is 0.507 e. The SMILES string of the molecule is CC1(C)OB(C(=Cc2ccc(OC(F)(F)F)cc2O)CS)OC1(C)C. The number of ether oxygens (including phenoxy) is 1. The number of rotatable bonds is 4. The molecule has 0 radical (unpaired) electrons. The van der Waals surface area contributed by atoms with Gasteiger partial charge in [-0.25, -0.2) is 0 Å². The Morgan fingerprint density at radius 1 is 1.24 bits per heavy atom. The van der Waals surface area contributed by atoms with Crippen LogP contribution in [0.1, 0.15) is 33.3 Å². The summed E-state index contributed by atoms with van der Waals surface area (Å²) in [6.07, 6.45) is -3.23. The van der Waals surface area contributed by atoms with Crippen LogP contribution in [-0.4, -0.2) is 35.5 Å². The highest BCUT2D eigenvalue weighted by atomic mass is 32.1. The summed E-state index contributed by atoms with van der Waals surface area (Å²) in [6.45, 7) is 7.63. The minimum Gasteiger partial charge on any atom is -0.507 e. The van der Waals surface area contributed by atoms with E-state index in [0.29, 0.717) is 11.0 Å². The summed E-state index contributed by atoms with van der Waals surface area (Å²) in [6, 6.07) is 3.35. The first-order valence-electron chi connectivity index (χ1n) is 7.60. The van der Waals surface area contributed by atoms with Gasteiger partial charge >= 0.3 is 13.5 Å². The summed E-state index contributed by atoms with van der Waals surface area (Å²) in [5.74, 6) is -0.556. The lowest BCUT2D eigenvalue weighted by molar-refractivity contribution is -0.274. The normalized spacial score (nSPS) is 20.0. The maximum absolute atomic E-state index is 12.2. The van der Waals surface area contributed by atoms with E-state index in [1.807, 2.05) is 27.7 Å². The van der Waals surface area contributed by atoms with Gasteiger partial charge in [-0.3, -0.25) is 0 Å². The molecular weight excluding hydrogens is 356 g/mol. The first kappa shape index (κ1) is 20.0. The highest BCUT2D eigenvalue weighted by molar-refractivity contribution is 7.80. The molecule has 0 bridgehead atoms. The van der Waals surface area contributed by atoms with E-state index in [4.69, 9.17) is 9.31 Å². The van der Waals surface area contributed by atoms with Crippen LogP contribution in [0.4, 0.5) is 13.2 Å². The number of hydrogen-bond donors (Lipinski definition) is 2. The Labute approximate surface area is 150 Å². The van der Waals surface area contributed by atoms with E-state index in [2.05, 4.69) is 17.4 Å². The fourth-order valence-electron chi connectivity index (χ4n) is 2.23. The molecule has 1 N–H and O–H groups in total. The zero-order valence-corrected chi connectivity index (χ0v) is 15.2. The summed E-state index contributed by atoms with van der Waals surface area (Å²) in [7, 11) is -0.659. The molecule has 0 saturated carbocycles. The Morgan fingerprint density at radius 2 is 1.80 bits per heavy atom. The largest absolute Gasteiger partial charge is 0.573 e. The molecule has 1 aromatic rings. The number of halogens is 3. The Morgan fingerprint density at radius 3 is 2.24 bits per heavy atom. The van der Waals surface area contributed by atoms with Gasteiger partial charge in [0.05, 0.1) is 11.2 Å². The molecule has 0 atom stereocenters. The first-order chi connectivity index (χ1) is 11.3. The van der Waals surface area contributed by atoms with Crippen LogP contribution in [-0.2, 0) is 9.31 Å². The van der Waals surface area contributed by atoms with Crippen molar-refractivity contribution in [2.24, 2.45) is 0 Å². The molecule has 4 nitrogen and oxygen atoms in total. The van der Waals surface area contributed by atoms with Gasteiger partial charge in [0.1, 0.15) is 11.5 Å². The van der Waals surface area contributed by atoms with Gasteiger partial charge in [0, 0.05) is 17.4 Å². The number of alkyl halides is 3. The second-order valence-corrected chi connectivity index (χ2v) is 7.05. The second kappa shape index (κ2) is 6.77. The van der Waals surface area contributed by atoms with Crippen LogP contribution in [0.5, 0.6) is 11.5 Å². The topological polar surface area (TPSA) is 47.9 Å². The highest BCUT2D eigenvalue weighted by Crippen LogP contribution is 2.39.